The largest absolute Gasteiger partial charge is 0.323 e. The van der Waals surface area contributed by atoms with E-state index in [4.69, 9.17) is 9.97 Å². The molecule has 0 bridgehead atoms. The van der Waals surface area contributed by atoms with Gasteiger partial charge in [-0.1, -0.05) is 43.2 Å². The van der Waals surface area contributed by atoms with Gasteiger partial charge in [0.05, 0.1) is 16.6 Å². The van der Waals surface area contributed by atoms with Crippen molar-refractivity contribution in [2.75, 3.05) is 19.6 Å². The summed E-state index contributed by atoms with van der Waals surface area (Å²) in [5.74, 6) is 0. The Bertz CT molecular complexity index is 1060. The van der Waals surface area contributed by atoms with Gasteiger partial charge < -0.3 is 9.47 Å². The Morgan fingerprint density at radius 1 is 0.731 bits per heavy atom. The number of para-hydroxylation sites is 3. The molecule has 5 rings (SSSR count). The smallest absolute Gasteiger partial charge is 0.160 e. The van der Waals surface area contributed by atoms with Gasteiger partial charge in [0.2, 0.25) is 0 Å². The van der Waals surface area contributed by atoms with Crippen molar-refractivity contribution in [3.8, 4) is 0 Å². The summed E-state index contributed by atoms with van der Waals surface area (Å²) < 4.78 is 2.37. The molecule has 1 aliphatic rings. The van der Waals surface area contributed by atoms with E-state index < -0.39 is 0 Å². The first-order valence-electron chi connectivity index (χ1n) is 9.76. The van der Waals surface area contributed by atoms with Crippen LogP contribution in [0.4, 0.5) is 0 Å². The van der Waals surface area contributed by atoms with Crippen LogP contribution in [0.15, 0.2) is 48.5 Å². The molecule has 4 aromatic rings. The van der Waals surface area contributed by atoms with Crippen molar-refractivity contribution in [2.24, 2.45) is 0 Å². The van der Waals surface area contributed by atoms with Crippen LogP contribution in [0.3, 0.4) is 0 Å². The van der Waals surface area contributed by atoms with Gasteiger partial charge in [-0.05, 0) is 44.1 Å². The molecule has 0 saturated carbocycles. The maximum absolute atomic E-state index is 4.98. The van der Waals surface area contributed by atoms with Crippen molar-refractivity contribution >= 4 is 33.1 Å². The summed E-state index contributed by atoms with van der Waals surface area (Å²) in [6, 6.07) is 16.7. The lowest BCUT2D eigenvalue weighted by Gasteiger charge is -2.20. The highest BCUT2D eigenvalue weighted by atomic mass is 15.2. The van der Waals surface area contributed by atoms with Crippen molar-refractivity contribution in [3.05, 3.63) is 48.5 Å². The molecule has 132 valence electrons. The average Bonchev–Trinajstić information content (AvgIpc) is 2.84. The van der Waals surface area contributed by atoms with Crippen LogP contribution in [0.5, 0.6) is 0 Å². The van der Waals surface area contributed by atoms with Gasteiger partial charge in [-0.2, -0.15) is 0 Å². The minimum absolute atomic E-state index is 0.968. The number of nitrogens with zero attached hydrogens (tertiary/aromatic N) is 4. The van der Waals surface area contributed by atoms with Crippen LogP contribution in [0, 0.1) is 0 Å². The van der Waals surface area contributed by atoms with Crippen LogP contribution in [0.2, 0.25) is 0 Å². The third kappa shape index (κ3) is 2.74. The number of hydrogen-bond acceptors (Lipinski definition) is 3. The van der Waals surface area contributed by atoms with Crippen molar-refractivity contribution in [3.63, 3.8) is 0 Å². The van der Waals surface area contributed by atoms with Crippen molar-refractivity contribution in [1.29, 1.82) is 0 Å². The maximum Gasteiger partial charge on any atom is 0.160 e. The molecular weight excluding hydrogens is 320 g/mol. The van der Waals surface area contributed by atoms with Gasteiger partial charge >= 0.3 is 0 Å². The Morgan fingerprint density at radius 3 is 2.23 bits per heavy atom. The molecular formula is C22H24N4. The second kappa shape index (κ2) is 6.69. The van der Waals surface area contributed by atoms with Crippen LogP contribution in [-0.4, -0.2) is 39.1 Å². The van der Waals surface area contributed by atoms with Crippen LogP contribution < -0.4 is 0 Å². The molecule has 4 nitrogen and oxygen atoms in total. The molecule has 0 unspecified atom stereocenters. The molecule has 0 amide bonds. The first-order chi connectivity index (χ1) is 12.9. The van der Waals surface area contributed by atoms with Gasteiger partial charge in [0, 0.05) is 18.5 Å². The summed E-state index contributed by atoms with van der Waals surface area (Å²) in [6.45, 7) is 4.51. The first-order valence-corrected chi connectivity index (χ1v) is 9.76. The lowest BCUT2D eigenvalue weighted by Crippen LogP contribution is -2.28. The Labute approximate surface area is 153 Å². The third-order valence-corrected chi connectivity index (χ3v) is 5.60. The highest BCUT2D eigenvalue weighted by molar-refractivity contribution is 6.06. The Hall–Kier alpha value is -2.46. The van der Waals surface area contributed by atoms with E-state index in [0.29, 0.717) is 0 Å². The lowest BCUT2D eigenvalue weighted by atomic mass is 10.2. The van der Waals surface area contributed by atoms with Gasteiger partial charge in [0.15, 0.2) is 5.65 Å². The normalized spacial score (nSPS) is 16.5. The SMILES string of the molecule is c1ccc2nc3c(nc2c1)c1ccccc1n3CCN1CCCCCC1. The standard InChI is InChI=1S/C22H24N4/c1-2-8-14-25(13-7-1)15-16-26-20-12-6-3-9-17(20)21-22(26)24-19-11-5-4-10-18(19)23-21/h3-6,9-12H,1-2,7-8,13-16H2. The summed E-state index contributed by atoms with van der Waals surface area (Å²) in [6.07, 6.45) is 5.42. The fraction of sp³-hybridized carbons (Fsp3) is 0.364. The van der Waals surface area contributed by atoms with Crippen LogP contribution in [0.1, 0.15) is 25.7 Å². The van der Waals surface area contributed by atoms with Gasteiger partial charge in [-0.15, -0.1) is 0 Å². The molecule has 2 aromatic carbocycles. The molecule has 26 heavy (non-hydrogen) atoms. The summed E-state index contributed by atoms with van der Waals surface area (Å²) in [5.41, 5.74) is 5.22. The van der Waals surface area contributed by atoms with Gasteiger partial charge in [-0.25, -0.2) is 9.97 Å². The summed E-state index contributed by atoms with van der Waals surface area (Å²) in [4.78, 5) is 12.5. The fourth-order valence-electron chi connectivity index (χ4n) is 4.21. The van der Waals surface area contributed by atoms with Gasteiger partial charge in [0.1, 0.15) is 5.52 Å². The number of rotatable bonds is 3. The number of aromatic nitrogens is 3. The van der Waals surface area contributed by atoms with E-state index in [1.807, 2.05) is 18.2 Å². The van der Waals surface area contributed by atoms with Crippen molar-refractivity contribution in [1.82, 2.24) is 19.4 Å². The number of benzene rings is 2. The minimum atomic E-state index is 0.968. The second-order valence-electron chi connectivity index (χ2n) is 7.31. The molecule has 0 N–H and O–H groups in total. The number of likely N-dealkylation sites (tertiary alicyclic amines) is 1. The fourth-order valence-corrected chi connectivity index (χ4v) is 4.21. The lowest BCUT2D eigenvalue weighted by molar-refractivity contribution is 0.275. The molecule has 0 aliphatic carbocycles. The van der Waals surface area contributed by atoms with E-state index in [-0.39, 0.29) is 0 Å². The minimum Gasteiger partial charge on any atom is -0.323 e. The topological polar surface area (TPSA) is 34.0 Å². The van der Waals surface area contributed by atoms with E-state index in [1.54, 1.807) is 0 Å². The molecule has 1 fully saturated rings. The number of hydrogen-bond donors (Lipinski definition) is 0. The van der Waals surface area contributed by atoms with Gasteiger partial charge in [-0.3, -0.25) is 0 Å². The van der Waals surface area contributed by atoms with E-state index in [2.05, 4.69) is 39.8 Å². The average molecular weight is 344 g/mol. The third-order valence-electron chi connectivity index (χ3n) is 5.60. The first kappa shape index (κ1) is 15.8. The highest BCUT2D eigenvalue weighted by Gasteiger charge is 2.15. The second-order valence-corrected chi connectivity index (χ2v) is 7.31. The van der Waals surface area contributed by atoms with E-state index >= 15 is 0 Å². The molecule has 1 saturated heterocycles. The van der Waals surface area contributed by atoms with E-state index in [1.165, 1.54) is 49.7 Å². The maximum atomic E-state index is 4.98. The molecule has 2 aromatic heterocycles. The zero-order valence-electron chi connectivity index (χ0n) is 15.1. The van der Waals surface area contributed by atoms with Crippen molar-refractivity contribution in [2.45, 2.75) is 32.2 Å². The zero-order chi connectivity index (χ0) is 17.3. The molecule has 0 radical (unpaired) electrons. The zero-order valence-corrected chi connectivity index (χ0v) is 15.1. The van der Waals surface area contributed by atoms with Crippen LogP contribution in [0.25, 0.3) is 33.1 Å². The summed E-state index contributed by atoms with van der Waals surface area (Å²) in [7, 11) is 0. The number of fused-ring (bicyclic) bond motifs is 4. The predicted molar refractivity (Wildman–Crippen MR) is 107 cm³/mol. The molecule has 0 spiro atoms. The summed E-state index contributed by atoms with van der Waals surface area (Å²) in [5, 5.41) is 1.21. The molecule has 1 aliphatic heterocycles. The van der Waals surface area contributed by atoms with E-state index in [0.717, 1.165) is 35.3 Å². The summed E-state index contributed by atoms with van der Waals surface area (Å²) >= 11 is 0. The predicted octanol–water partition coefficient (Wildman–Crippen LogP) is 4.61. The Morgan fingerprint density at radius 2 is 1.42 bits per heavy atom. The molecule has 0 atom stereocenters. The van der Waals surface area contributed by atoms with Crippen LogP contribution in [-0.2, 0) is 6.54 Å². The quantitative estimate of drug-likeness (QED) is 0.544. The Balaban J connectivity index is 1.60. The molecule has 4 heteroatoms. The van der Waals surface area contributed by atoms with Gasteiger partial charge in [0.25, 0.3) is 0 Å². The van der Waals surface area contributed by atoms with Crippen LogP contribution >= 0.6 is 0 Å². The van der Waals surface area contributed by atoms with E-state index in [9.17, 15) is 0 Å². The monoisotopic (exact) mass is 344 g/mol. The highest BCUT2D eigenvalue weighted by Crippen LogP contribution is 2.28. The molecule has 3 heterocycles. The van der Waals surface area contributed by atoms with Crippen molar-refractivity contribution < 1.29 is 0 Å². The Kier molecular flexibility index (Phi) is 4.06.